The Kier molecular flexibility index (Phi) is 4.74. The number of carbonyl (C=O) groups is 2. The van der Waals surface area contributed by atoms with E-state index in [2.05, 4.69) is 0 Å². The predicted octanol–water partition coefficient (Wildman–Crippen LogP) is 2.51. The number of benzene rings is 1. The summed E-state index contributed by atoms with van der Waals surface area (Å²) < 4.78 is 5.20. The Balaban J connectivity index is 1.98. The molecule has 2 rings (SSSR count). The monoisotopic (exact) mass is 305 g/mol. The maximum absolute atomic E-state index is 12.4. The van der Waals surface area contributed by atoms with Crippen LogP contribution in [0.15, 0.2) is 24.3 Å². The number of likely N-dealkylation sites (tertiary alicyclic amines) is 1. The van der Waals surface area contributed by atoms with E-state index in [4.69, 9.17) is 4.74 Å². The summed E-state index contributed by atoms with van der Waals surface area (Å²) in [6, 6.07) is 7.69. The maximum Gasteiger partial charge on any atom is 0.311 e. The van der Waals surface area contributed by atoms with Gasteiger partial charge in [-0.1, -0.05) is 19.1 Å². The average Bonchev–Trinajstić information content (AvgIpc) is 2.91. The summed E-state index contributed by atoms with van der Waals surface area (Å²) in [5.41, 5.74) is 0.238. The van der Waals surface area contributed by atoms with Gasteiger partial charge in [0.2, 0.25) is 5.91 Å². The zero-order valence-electron chi connectivity index (χ0n) is 13.3. The zero-order valence-corrected chi connectivity index (χ0v) is 13.3. The van der Waals surface area contributed by atoms with Crippen molar-refractivity contribution >= 4 is 11.9 Å². The summed E-state index contributed by atoms with van der Waals surface area (Å²) in [5.74, 6) is 0.0275. The van der Waals surface area contributed by atoms with E-state index >= 15 is 0 Å². The fraction of sp³-hybridized carbons (Fsp3) is 0.529. The molecule has 1 aromatic carbocycles. The van der Waals surface area contributed by atoms with Crippen molar-refractivity contribution in [2.24, 2.45) is 5.41 Å². The van der Waals surface area contributed by atoms with Gasteiger partial charge in [-0.25, -0.2) is 0 Å². The van der Waals surface area contributed by atoms with Crippen molar-refractivity contribution in [3.63, 3.8) is 0 Å². The first-order valence-corrected chi connectivity index (χ1v) is 7.51. The molecule has 1 heterocycles. The van der Waals surface area contributed by atoms with Crippen LogP contribution < -0.4 is 4.74 Å². The summed E-state index contributed by atoms with van der Waals surface area (Å²) in [6.45, 7) is 4.52. The van der Waals surface area contributed by atoms with E-state index < -0.39 is 11.4 Å². The number of nitrogens with zero attached hydrogens (tertiary/aromatic N) is 1. The highest BCUT2D eigenvalue weighted by atomic mass is 16.5. The van der Waals surface area contributed by atoms with Gasteiger partial charge in [0.05, 0.1) is 12.5 Å². The van der Waals surface area contributed by atoms with Crippen LogP contribution in [0.4, 0.5) is 0 Å². The number of ether oxygens (including phenoxy) is 1. The SMILES string of the molecule is COc1cccc([C@@H](C)CC(=O)N2CC[C@](C)(C(=O)O)C2)c1. The Hall–Kier alpha value is -2.04. The quantitative estimate of drug-likeness (QED) is 0.907. The molecule has 1 aliphatic heterocycles. The minimum Gasteiger partial charge on any atom is -0.497 e. The molecule has 22 heavy (non-hydrogen) atoms. The fourth-order valence-corrected chi connectivity index (χ4v) is 2.81. The van der Waals surface area contributed by atoms with Crippen LogP contribution in [0.5, 0.6) is 5.75 Å². The molecule has 0 saturated carbocycles. The third kappa shape index (κ3) is 3.40. The van der Waals surface area contributed by atoms with Gasteiger partial charge in [0.1, 0.15) is 5.75 Å². The van der Waals surface area contributed by atoms with Crippen molar-refractivity contribution in [1.29, 1.82) is 0 Å². The smallest absolute Gasteiger partial charge is 0.311 e. The van der Waals surface area contributed by atoms with E-state index in [0.29, 0.717) is 25.9 Å². The topological polar surface area (TPSA) is 66.8 Å². The number of hydrogen-bond acceptors (Lipinski definition) is 3. The minimum atomic E-state index is -0.830. The van der Waals surface area contributed by atoms with Crippen LogP contribution in [0.25, 0.3) is 0 Å². The van der Waals surface area contributed by atoms with Crippen molar-refractivity contribution in [3.8, 4) is 5.75 Å². The van der Waals surface area contributed by atoms with E-state index in [1.807, 2.05) is 31.2 Å². The van der Waals surface area contributed by atoms with E-state index in [1.165, 1.54) is 0 Å². The van der Waals surface area contributed by atoms with Crippen LogP contribution in [-0.2, 0) is 9.59 Å². The van der Waals surface area contributed by atoms with E-state index in [-0.39, 0.29) is 11.8 Å². The van der Waals surface area contributed by atoms with Crippen molar-refractivity contribution in [2.75, 3.05) is 20.2 Å². The molecule has 0 unspecified atom stereocenters. The normalized spacial score (nSPS) is 22.4. The molecule has 1 aromatic rings. The van der Waals surface area contributed by atoms with E-state index in [9.17, 15) is 14.7 Å². The van der Waals surface area contributed by atoms with Gasteiger partial charge in [-0.2, -0.15) is 0 Å². The number of amides is 1. The lowest BCUT2D eigenvalue weighted by Crippen LogP contribution is -2.35. The summed E-state index contributed by atoms with van der Waals surface area (Å²) in [7, 11) is 1.62. The molecular weight excluding hydrogens is 282 g/mol. The molecule has 1 amide bonds. The molecule has 1 fully saturated rings. The molecule has 1 saturated heterocycles. The first-order valence-electron chi connectivity index (χ1n) is 7.51. The Morgan fingerprint density at radius 2 is 2.18 bits per heavy atom. The molecule has 1 aliphatic rings. The lowest BCUT2D eigenvalue weighted by atomic mass is 9.90. The van der Waals surface area contributed by atoms with Gasteiger partial charge < -0.3 is 14.7 Å². The first-order chi connectivity index (χ1) is 10.4. The highest BCUT2D eigenvalue weighted by molar-refractivity contribution is 5.81. The summed E-state index contributed by atoms with van der Waals surface area (Å²) in [4.78, 5) is 25.3. The molecule has 1 N–H and O–H groups in total. The molecule has 0 bridgehead atoms. The molecule has 0 aromatic heterocycles. The standard InChI is InChI=1S/C17H23NO4/c1-12(13-5-4-6-14(10-13)22-3)9-15(19)18-8-7-17(2,11-18)16(20)21/h4-6,10,12H,7-9,11H2,1-3H3,(H,20,21)/t12-,17-/m0/s1. The van der Waals surface area contributed by atoms with Gasteiger partial charge in [0.15, 0.2) is 0 Å². The second-order valence-corrected chi connectivity index (χ2v) is 6.31. The number of methoxy groups -OCH3 is 1. The fourth-order valence-electron chi connectivity index (χ4n) is 2.81. The summed E-state index contributed by atoms with van der Waals surface area (Å²) in [6.07, 6.45) is 0.893. The molecule has 0 radical (unpaired) electrons. The minimum absolute atomic E-state index is 0.0142. The Morgan fingerprint density at radius 3 is 2.77 bits per heavy atom. The second-order valence-electron chi connectivity index (χ2n) is 6.31. The zero-order chi connectivity index (χ0) is 16.3. The molecule has 2 atom stereocenters. The van der Waals surface area contributed by atoms with Crippen LogP contribution in [0.2, 0.25) is 0 Å². The van der Waals surface area contributed by atoms with Gasteiger partial charge in [-0.15, -0.1) is 0 Å². The highest BCUT2D eigenvalue weighted by Gasteiger charge is 2.42. The van der Waals surface area contributed by atoms with E-state index in [0.717, 1.165) is 11.3 Å². The number of carbonyl (C=O) groups excluding carboxylic acids is 1. The summed E-state index contributed by atoms with van der Waals surface area (Å²) >= 11 is 0. The third-order valence-electron chi connectivity index (χ3n) is 4.49. The molecule has 5 heteroatoms. The van der Waals surface area contributed by atoms with Crippen LogP contribution in [-0.4, -0.2) is 42.1 Å². The van der Waals surface area contributed by atoms with Crippen LogP contribution >= 0.6 is 0 Å². The largest absolute Gasteiger partial charge is 0.497 e. The Labute approximate surface area is 130 Å². The third-order valence-corrected chi connectivity index (χ3v) is 4.49. The molecule has 120 valence electrons. The molecule has 5 nitrogen and oxygen atoms in total. The van der Waals surface area contributed by atoms with Crippen molar-refractivity contribution < 1.29 is 19.4 Å². The number of hydrogen-bond donors (Lipinski definition) is 1. The number of aliphatic carboxylic acids is 1. The number of carboxylic acids is 1. The molecular formula is C17H23NO4. The number of rotatable bonds is 5. The van der Waals surface area contributed by atoms with Crippen LogP contribution in [0, 0.1) is 5.41 Å². The van der Waals surface area contributed by atoms with Gasteiger partial charge >= 0.3 is 5.97 Å². The number of carboxylic acid groups (broad SMARTS) is 1. The van der Waals surface area contributed by atoms with Crippen LogP contribution in [0.1, 0.15) is 38.2 Å². The van der Waals surface area contributed by atoms with E-state index in [1.54, 1.807) is 18.9 Å². The van der Waals surface area contributed by atoms with Crippen molar-refractivity contribution in [2.45, 2.75) is 32.6 Å². The highest BCUT2D eigenvalue weighted by Crippen LogP contribution is 2.32. The average molecular weight is 305 g/mol. The lowest BCUT2D eigenvalue weighted by Gasteiger charge is -2.22. The van der Waals surface area contributed by atoms with Crippen molar-refractivity contribution in [1.82, 2.24) is 4.90 Å². The second kappa shape index (κ2) is 6.38. The van der Waals surface area contributed by atoms with Crippen molar-refractivity contribution in [3.05, 3.63) is 29.8 Å². The summed E-state index contributed by atoms with van der Waals surface area (Å²) in [5, 5.41) is 9.24. The first kappa shape index (κ1) is 16.3. The van der Waals surface area contributed by atoms with Crippen LogP contribution in [0.3, 0.4) is 0 Å². The predicted molar refractivity (Wildman–Crippen MR) is 83.0 cm³/mol. The van der Waals surface area contributed by atoms with Gasteiger partial charge in [-0.05, 0) is 37.0 Å². The Bertz CT molecular complexity index is 572. The lowest BCUT2D eigenvalue weighted by molar-refractivity contribution is -0.147. The molecule has 0 aliphatic carbocycles. The van der Waals surface area contributed by atoms with Gasteiger partial charge in [-0.3, -0.25) is 9.59 Å². The van der Waals surface area contributed by atoms with Gasteiger partial charge in [0, 0.05) is 19.5 Å². The maximum atomic E-state index is 12.4. The van der Waals surface area contributed by atoms with Gasteiger partial charge in [0.25, 0.3) is 0 Å². The Morgan fingerprint density at radius 1 is 1.45 bits per heavy atom. The molecule has 0 spiro atoms.